The lowest BCUT2D eigenvalue weighted by molar-refractivity contribution is -0.118. The highest BCUT2D eigenvalue weighted by molar-refractivity contribution is 6.23. The minimum Gasteiger partial charge on any atom is -0.369 e. The Morgan fingerprint density at radius 2 is 1.97 bits per heavy atom. The number of hydrogen-bond donors (Lipinski definition) is 2. The van der Waals surface area contributed by atoms with E-state index in [2.05, 4.69) is 56.6 Å². The fraction of sp³-hybridized carbons (Fsp3) is 0.444. The third kappa shape index (κ3) is 4.44. The molecule has 1 unspecified atom stereocenters. The summed E-state index contributed by atoms with van der Waals surface area (Å²) in [5.41, 5.74) is 7.22. The van der Waals surface area contributed by atoms with Crippen LogP contribution in [0.1, 0.15) is 46.8 Å². The standard InChI is InChI=1S/C27H33N5O2/c1-3-28-26(33)20-7-9-24(18(2)15-20)32-13-11-31(12-14-32)17-19-6-8-21-23(16-19)30-27(34)22-5-4-10-29-25(21)22/h6-9,15-16,22H,3-5,10-14,17H2,1-2H3,(H,28,33)(H,30,34). The molecule has 5 rings (SSSR count). The monoisotopic (exact) mass is 459 g/mol. The van der Waals surface area contributed by atoms with E-state index in [1.165, 1.54) is 11.3 Å². The van der Waals surface area contributed by atoms with Crippen molar-refractivity contribution in [3.05, 3.63) is 58.7 Å². The van der Waals surface area contributed by atoms with Gasteiger partial charge < -0.3 is 15.5 Å². The van der Waals surface area contributed by atoms with Crippen molar-refractivity contribution >= 4 is 28.9 Å². The summed E-state index contributed by atoms with van der Waals surface area (Å²) in [6, 6.07) is 12.4. The van der Waals surface area contributed by atoms with Gasteiger partial charge in [-0.05, 0) is 62.1 Å². The van der Waals surface area contributed by atoms with Crippen LogP contribution in [0.5, 0.6) is 0 Å². The van der Waals surface area contributed by atoms with Crippen LogP contribution in [0.2, 0.25) is 0 Å². The van der Waals surface area contributed by atoms with Crippen molar-refractivity contribution in [3.8, 4) is 0 Å². The number of carbonyl (C=O) groups is 2. The Kier molecular flexibility index (Phi) is 6.37. The maximum Gasteiger partial charge on any atom is 0.251 e. The summed E-state index contributed by atoms with van der Waals surface area (Å²) < 4.78 is 0. The van der Waals surface area contributed by atoms with Crippen LogP contribution >= 0.6 is 0 Å². The Morgan fingerprint density at radius 3 is 2.74 bits per heavy atom. The second kappa shape index (κ2) is 9.58. The van der Waals surface area contributed by atoms with Crippen LogP contribution in [0.15, 0.2) is 41.4 Å². The Bertz CT molecular complexity index is 1130. The molecule has 3 aliphatic rings. The van der Waals surface area contributed by atoms with E-state index in [-0.39, 0.29) is 17.7 Å². The number of rotatable bonds is 5. The zero-order valence-corrected chi connectivity index (χ0v) is 20.1. The lowest BCUT2D eigenvalue weighted by atomic mass is 9.85. The third-order valence-corrected chi connectivity index (χ3v) is 7.11. The molecule has 0 aromatic heterocycles. The highest BCUT2D eigenvalue weighted by Crippen LogP contribution is 2.32. The molecule has 2 N–H and O–H groups in total. The van der Waals surface area contributed by atoms with Crippen molar-refractivity contribution in [1.29, 1.82) is 0 Å². The van der Waals surface area contributed by atoms with Gasteiger partial charge in [-0.3, -0.25) is 19.5 Å². The molecule has 1 atom stereocenters. The van der Waals surface area contributed by atoms with Gasteiger partial charge >= 0.3 is 0 Å². The first-order valence-electron chi connectivity index (χ1n) is 12.4. The molecule has 0 saturated carbocycles. The minimum absolute atomic E-state index is 0.0192. The molecular formula is C27H33N5O2. The Labute approximate surface area is 201 Å². The number of hydrogen-bond acceptors (Lipinski definition) is 5. The highest BCUT2D eigenvalue weighted by atomic mass is 16.2. The molecule has 0 aliphatic carbocycles. The van der Waals surface area contributed by atoms with E-state index in [0.717, 1.165) is 74.6 Å². The number of amides is 2. The normalized spacial score (nSPS) is 20.2. The molecule has 1 saturated heterocycles. The van der Waals surface area contributed by atoms with E-state index < -0.39 is 0 Å². The number of piperazine rings is 1. The number of aliphatic imine (C=N–C) groups is 1. The summed E-state index contributed by atoms with van der Waals surface area (Å²) in [5, 5.41) is 5.98. The molecule has 2 aromatic carbocycles. The molecule has 0 bridgehead atoms. The predicted molar refractivity (Wildman–Crippen MR) is 136 cm³/mol. The SMILES string of the molecule is CCNC(=O)c1ccc(N2CCN(Cc3ccc4c(c3)NC(=O)C3CCCN=C43)CC2)c(C)c1. The van der Waals surface area contributed by atoms with Crippen molar-refractivity contribution < 1.29 is 9.59 Å². The van der Waals surface area contributed by atoms with E-state index >= 15 is 0 Å². The van der Waals surface area contributed by atoms with Gasteiger partial charge in [0.1, 0.15) is 0 Å². The first kappa shape index (κ1) is 22.6. The molecule has 7 nitrogen and oxygen atoms in total. The average Bonchev–Trinajstić information content (AvgIpc) is 2.85. The number of carbonyl (C=O) groups excluding carboxylic acids is 2. The summed E-state index contributed by atoms with van der Waals surface area (Å²) >= 11 is 0. The number of fused-ring (bicyclic) bond motifs is 3. The molecule has 2 amide bonds. The fourth-order valence-corrected chi connectivity index (χ4v) is 5.33. The van der Waals surface area contributed by atoms with Gasteiger partial charge in [0.25, 0.3) is 5.91 Å². The first-order valence-corrected chi connectivity index (χ1v) is 12.4. The molecule has 2 aromatic rings. The Morgan fingerprint density at radius 1 is 1.15 bits per heavy atom. The summed E-state index contributed by atoms with van der Waals surface area (Å²) in [4.78, 5) is 34.2. The average molecular weight is 460 g/mol. The molecule has 1 fully saturated rings. The van der Waals surface area contributed by atoms with Crippen LogP contribution in [0.3, 0.4) is 0 Å². The van der Waals surface area contributed by atoms with Gasteiger partial charge in [-0.1, -0.05) is 12.1 Å². The maximum absolute atomic E-state index is 12.6. The Hall–Kier alpha value is -3.19. The van der Waals surface area contributed by atoms with Crippen molar-refractivity contribution in [2.75, 3.05) is 49.5 Å². The highest BCUT2D eigenvalue weighted by Gasteiger charge is 2.33. The second-order valence-corrected chi connectivity index (χ2v) is 9.45. The molecule has 34 heavy (non-hydrogen) atoms. The van der Waals surface area contributed by atoms with Crippen LogP contribution < -0.4 is 15.5 Å². The smallest absolute Gasteiger partial charge is 0.251 e. The largest absolute Gasteiger partial charge is 0.369 e. The molecule has 178 valence electrons. The first-order chi connectivity index (χ1) is 16.5. The third-order valence-electron chi connectivity index (χ3n) is 7.11. The van der Waals surface area contributed by atoms with Crippen LogP contribution in [-0.4, -0.2) is 61.7 Å². The zero-order chi connectivity index (χ0) is 23.7. The molecule has 3 aliphatic heterocycles. The van der Waals surface area contributed by atoms with Crippen molar-refractivity contribution in [3.63, 3.8) is 0 Å². The van der Waals surface area contributed by atoms with Crippen LogP contribution in [0.4, 0.5) is 11.4 Å². The zero-order valence-electron chi connectivity index (χ0n) is 20.1. The number of aryl methyl sites for hydroxylation is 1. The Balaban J connectivity index is 1.22. The maximum atomic E-state index is 12.6. The van der Waals surface area contributed by atoms with E-state index in [0.29, 0.717) is 12.1 Å². The van der Waals surface area contributed by atoms with E-state index in [1.54, 1.807) is 0 Å². The summed E-state index contributed by atoms with van der Waals surface area (Å²) in [5.74, 6) is -0.0155. The number of nitrogens with one attached hydrogen (secondary N) is 2. The van der Waals surface area contributed by atoms with Gasteiger partial charge in [-0.25, -0.2) is 0 Å². The molecular weight excluding hydrogens is 426 g/mol. The summed E-state index contributed by atoms with van der Waals surface area (Å²) in [6.45, 7) is 10.1. The lowest BCUT2D eigenvalue weighted by Gasteiger charge is -2.37. The fourth-order valence-electron chi connectivity index (χ4n) is 5.33. The van der Waals surface area contributed by atoms with Gasteiger partial charge in [-0.2, -0.15) is 0 Å². The van der Waals surface area contributed by atoms with Gasteiger partial charge in [0, 0.05) is 62.6 Å². The van der Waals surface area contributed by atoms with Crippen molar-refractivity contribution in [2.24, 2.45) is 10.9 Å². The quantitative estimate of drug-likeness (QED) is 0.720. The van der Waals surface area contributed by atoms with Crippen molar-refractivity contribution in [1.82, 2.24) is 10.2 Å². The molecule has 7 heteroatoms. The summed E-state index contributed by atoms with van der Waals surface area (Å²) in [7, 11) is 0. The summed E-state index contributed by atoms with van der Waals surface area (Å²) in [6.07, 6.45) is 1.88. The van der Waals surface area contributed by atoms with Crippen LogP contribution in [0, 0.1) is 12.8 Å². The molecule has 0 spiro atoms. The topological polar surface area (TPSA) is 77.0 Å². The number of benzene rings is 2. The van der Waals surface area contributed by atoms with Gasteiger partial charge in [0.05, 0.1) is 17.3 Å². The second-order valence-electron chi connectivity index (χ2n) is 9.45. The number of nitrogens with zero attached hydrogens (tertiary/aromatic N) is 3. The van der Waals surface area contributed by atoms with Crippen LogP contribution in [0.25, 0.3) is 0 Å². The molecule has 0 radical (unpaired) electrons. The van der Waals surface area contributed by atoms with Gasteiger partial charge in [-0.15, -0.1) is 0 Å². The number of anilines is 2. The molecule has 3 heterocycles. The van der Waals surface area contributed by atoms with Gasteiger partial charge in [0.15, 0.2) is 0 Å². The van der Waals surface area contributed by atoms with E-state index in [4.69, 9.17) is 0 Å². The van der Waals surface area contributed by atoms with Crippen molar-refractivity contribution in [2.45, 2.75) is 33.2 Å². The minimum atomic E-state index is -0.0845. The van der Waals surface area contributed by atoms with Crippen LogP contribution in [-0.2, 0) is 11.3 Å². The van der Waals surface area contributed by atoms with E-state index in [9.17, 15) is 9.59 Å². The van der Waals surface area contributed by atoms with E-state index in [1.807, 2.05) is 19.1 Å². The predicted octanol–water partition coefficient (Wildman–Crippen LogP) is 3.22. The van der Waals surface area contributed by atoms with Gasteiger partial charge in [0.2, 0.25) is 5.91 Å². The lowest BCUT2D eigenvalue weighted by Crippen LogP contribution is -2.46.